The lowest BCUT2D eigenvalue weighted by Crippen LogP contribution is -2.42. The van der Waals surface area contributed by atoms with Crippen molar-refractivity contribution in [2.45, 2.75) is 25.4 Å². The summed E-state index contributed by atoms with van der Waals surface area (Å²) in [6.07, 6.45) is 1.45. The average molecular weight is 251 g/mol. The number of anilines is 1. The fourth-order valence-corrected chi connectivity index (χ4v) is 2.28. The Morgan fingerprint density at radius 3 is 2.65 bits per heavy atom. The molecule has 1 fully saturated rings. The number of benzene rings is 1. The quantitative estimate of drug-likeness (QED) is 0.833. The zero-order valence-corrected chi connectivity index (χ0v) is 10.5. The van der Waals surface area contributed by atoms with E-state index < -0.39 is 5.60 Å². The summed E-state index contributed by atoms with van der Waals surface area (Å²) in [5, 5.41) is 19.6. The smallest absolute Gasteiger partial charge is 0.101 e. The molecule has 90 valence electrons. The number of piperidine rings is 1. The molecule has 1 N–H and O–H groups in total. The molecule has 4 heteroatoms. The minimum Gasteiger partial charge on any atom is -0.390 e. The summed E-state index contributed by atoms with van der Waals surface area (Å²) in [4.78, 5) is 2.13. The Hall–Kier alpha value is -1.24. The first-order valence-corrected chi connectivity index (χ1v) is 6.07. The molecule has 0 bridgehead atoms. The van der Waals surface area contributed by atoms with Gasteiger partial charge in [-0.2, -0.15) is 5.26 Å². The monoisotopic (exact) mass is 250 g/mol. The summed E-state index contributed by atoms with van der Waals surface area (Å²) >= 11 is 5.87. The van der Waals surface area contributed by atoms with Crippen LogP contribution in [-0.4, -0.2) is 23.8 Å². The van der Waals surface area contributed by atoms with Gasteiger partial charge < -0.3 is 10.0 Å². The van der Waals surface area contributed by atoms with Gasteiger partial charge >= 0.3 is 0 Å². The van der Waals surface area contributed by atoms with Crippen molar-refractivity contribution in [2.75, 3.05) is 18.0 Å². The lowest BCUT2D eigenvalue weighted by molar-refractivity contribution is 0.0351. The summed E-state index contributed by atoms with van der Waals surface area (Å²) in [5.74, 6) is 0. The number of rotatable bonds is 1. The number of hydrogen-bond acceptors (Lipinski definition) is 3. The maximum atomic E-state index is 9.90. The lowest BCUT2D eigenvalue weighted by atomic mass is 9.93. The molecule has 17 heavy (non-hydrogen) atoms. The highest BCUT2D eigenvalue weighted by Gasteiger charge is 2.28. The van der Waals surface area contributed by atoms with E-state index in [0.717, 1.165) is 31.6 Å². The van der Waals surface area contributed by atoms with Crippen molar-refractivity contribution in [3.8, 4) is 6.07 Å². The summed E-state index contributed by atoms with van der Waals surface area (Å²) in [6, 6.07) is 7.52. The summed E-state index contributed by atoms with van der Waals surface area (Å²) in [6.45, 7) is 3.39. The van der Waals surface area contributed by atoms with E-state index in [4.69, 9.17) is 16.9 Å². The standard InChI is InChI=1S/C13H15ClN2O/c1-13(17)4-6-16(7-5-13)12-3-2-11(14)8-10(12)9-15/h2-3,8,17H,4-7H2,1H3. The summed E-state index contributed by atoms with van der Waals surface area (Å²) in [5.41, 5.74) is 0.932. The Bertz CT molecular complexity index is 455. The first-order valence-electron chi connectivity index (χ1n) is 5.69. The van der Waals surface area contributed by atoms with E-state index >= 15 is 0 Å². The molecule has 0 unspecified atom stereocenters. The van der Waals surface area contributed by atoms with Crippen molar-refractivity contribution in [3.63, 3.8) is 0 Å². The molecule has 1 heterocycles. The molecule has 0 aromatic heterocycles. The van der Waals surface area contributed by atoms with E-state index in [1.807, 2.05) is 13.0 Å². The fourth-order valence-electron chi connectivity index (χ4n) is 2.10. The van der Waals surface area contributed by atoms with Crippen LogP contribution in [0.15, 0.2) is 18.2 Å². The van der Waals surface area contributed by atoms with Crippen LogP contribution in [0.25, 0.3) is 0 Å². The number of hydrogen-bond donors (Lipinski definition) is 1. The van der Waals surface area contributed by atoms with Crippen molar-refractivity contribution in [1.82, 2.24) is 0 Å². The molecular weight excluding hydrogens is 236 g/mol. The zero-order chi connectivity index (χ0) is 12.5. The van der Waals surface area contributed by atoms with Crippen LogP contribution >= 0.6 is 11.6 Å². The third kappa shape index (κ3) is 2.71. The van der Waals surface area contributed by atoms with E-state index in [-0.39, 0.29) is 0 Å². The number of aliphatic hydroxyl groups is 1. The normalized spacial score (nSPS) is 18.8. The van der Waals surface area contributed by atoms with E-state index in [1.54, 1.807) is 12.1 Å². The molecule has 2 rings (SSSR count). The van der Waals surface area contributed by atoms with Gasteiger partial charge in [-0.3, -0.25) is 0 Å². The average Bonchev–Trinajstić information content (AvgIpc) is 2.29. The molecule has 0 saturated carbocycles. The summed E-state index contributed by atoms with van der Waals surface area (Å²) in [7, 11) is 0. The highest BCUT2D eigenvalue weighted by Crippen LogP contribution is 2.29. The van der Waals surface area contributed by atoms with E-state index in [0.29, 0.717) is 10.6 Å². The van der Waals surface area contributed by atoms with Crippen LogP contribution < -0.4 is 4.90 Å². The number of nitrogens with zero attached hydrogens (tertiary/aromatic N) is 2. The lowest BCUT2D eigenvalue weighted by Gasteiger charge is -2.37. The van der Waals surface area contributed by atoms with Crippen LogP contribution in [0.4, 0.5) is 5.69 Å². The number of halogens is 1. The van der Waals surface area contributed by atoms with Gasteiger partial charge in [-0.25, -0.2) is 0 Å². The van der Waals surface area contributed by atoms with Crippen LogP contribution in [0.3, 0.4) is 0 Å². The third-order valence-electron chi connectivity index (χ3n) is 3.26. The van der Waals surface area contributed by atoms with E-state index in [9.17, 15) is 5.11 Å². The topological polar surface area (TPSA) is 47.3 Å². The van der Waals surface area contributed by atoms with Crippen molar-refractivity contribution in [2.24, 2.45) is 0 Å². The molecule has 1 aliphatic heterocycles. The predicted octanol–water partition coefficient (Wildman–Crippen LogP) is 2.56. The molecule has 1 saturated heterocycles. The molecule has 0 spiro atoms. The second-order valence-electron chi connectivity index (χ2n) is 4.76. The van der Waals surface area contributed by atoms with Crippen LogP contribution in [0.2, 0.25) is 5.02 Å². The first-order chi connectivity index (χ1) is 8.02. The highest BCUT2D eigenvalue weighted by molar-refractivity contribution is 6.30. The molecule has 1 aromatic rings. The minimum absolute atomic E-state index is 0.574. The second kappa shape index (κ2) is 4.56. The maximum Gasteiger partial charge on any atom is 0.101 e. The molecule has 1 aliphatic rings. The van der Waals surface area contributed by atoms with Gasteiger partial charge in [-0.15, -0.1) is 0 Å². The van der Waals surface area contributed by atoms with Gasteiger partial charge in [0.2, 0.25) is 0 Å². The van der Waals surface area contributed by atoms with Gasteiger partial charge in [0.05, 0.1) is 16.9 Å². The molecule has 0 radical (unpaired) electrons. The Kier molecular flexibility index (Phi) is 3.28. The summed E-state index contributed by atoms with van der Waals surface area (Å²) < 4.78 is 0. The Labute approximate surface area is 106 Å². The van der Waals surface area contributed by atoms with Gasteiger partial charge in [0.25, 0.3) is 0 Å². The largest absolute Gasteiger partial charge is 0.390 e. The van der Waals surface area contributed by atoms with Crippen LogP contribution in [0.1, 0.15) is 25.3 Å². The second-order valence-corrected chi connectivity index (χ2v) is 5.19. The molecule has 0 amide bonds. The molecule has 3 nitrogen and oxygen atoms in total. The van der Waals surface area contributed by atoms with Gasteiger partial charge in [-0.05, 0) is 38.0 Å². The van der Waals surface area contributed by atoms with Crippen LogP contribution in [0.5, 0.6) is 0 Å². The van der Waals surface area contributed by atoms with Crippen molar-refractivity contribution >= 4 is 17.3 Å². The Morgan fingerprint density at radius 1 is 1.41 bits per heavy atom. The predicted molar refractivity (Wildman–Crippen MR) is 68.2 cm³/mol. The Morgan fingerprint density at radius 2 is 2.06 bits per heavy atom. The Balaban J connectivity index is 2.22. The van der Waals surface area contributed by atoms with Gasteiger partial charge in [-0.1, -0.05) is 11.6 Å². The minimum atomic E-state index is -0.574. The third-order valence-corrected chi connectivity index (χ3v) is 3.50. The van der Waals surface area contributed by atoms with Crippen LogP contribution in [0, 0.1) is 11.3 Å². The highest BCUT2D eigenvalue weighted by atomic mass is 35.5. The molecule has 1 aromatic carbocycles. The maximum absolute atomic E-state index is 9.90. The first kappa shape index (κ1) is 12.2. The van der Waals surface area contributed by atoms with Crippen molar-refractivity contribution in [1.29, 1.82) is 5.26 Å². The fraction of sp³-hybridized carbons (Fsp3) is 0.462. The molecule has 0 atom stereocenters. The van der Waals surface area contributed by atoms with Crippen LogP contribution in [-0.2, 0) is 0 Å². The van der Waals surface area contributed by atoms with Gasteiger partial charge in [0, 0.05) is 18.1 Å². The SMILES string of the molecule is CC1(O)CCN(c2ccc(Cl)cc2C#N)CC1. The molecular formula is C13H15ClN2O. The van der Waals surface area contributed by atoms with E-state index in [1.165, 1.54) is 0 Å². The van der Waals surface area contributed by atoms with E-state index in [2.05, 4.69) is 11.0 Å². The zero-order valence-electron chi connectivity index (χ0n) is 9.78. The van der Waals surface area contributed by atoms with Crippen molar-refractivity contribution < 1.29 is 5.11 Å². The van der Waals surface area contributed by atoms with Crippen molar-refractivity contribution in [3.05, 3.63) is 28.8 Å². The van der Waals surface area contributed by atoms with Gasteiger partial charge in [0.15, 0.2) is 0 Å². The van der Waals surface area contributed by atoms with Gasteiger partial charge in [0.1, 0.15) is 6.07 Å². The molecule has 0 aliphatic carbocycles. The number of nitriles is 1.